The van der Waals surface area contributed by atoms with Crippen LogP contribution in [0.1, 0.15) is 6.92 Å². The molecular formula is C13H12N4O2S2. The Morgan fingerprint density at radius 2 is 2.29 bits per heavy atom. The number of nitrogens with one attached hydrogen (secondary N) is 1. The van der Waals surface area contributed by atoms with Crippen LogP contribution in [0.4, 0.5) is 11.4 Å². The summed E-state index contributed by atoms with van der Waals surface area (Å²) in [5.41, 5.74) is 3.02. The molecule has 0 spiro atoms. The highest BCUT2D eigenvalue weighted by atomic mass is 32.2. The Hall–Kier alpha value is -1.93. The maximum Gasteiger partial charge on any atom is 0.244 e. The van der Waals surface area contributed by atoms with Crippen LogP contribution in [0, 0.1) is 0 Å². The molecule has 0 radical (unpaired) electrons. The molecule has 0 saturated carbocycles. The highest BCUT2D eigenvalue weighted by molar-refractivity contribution is 8.02. The number of anilines is 2. The molecule has 8 heteroatoms. The van der Waals surface area contributed by atoms with Crippen molar-refractivity contribution in [2.24, 2.45) is 0 Å². The van der Waals surface area contributed by atoms with E-state index in [2.05, 4.69) is 15.5 Å². The second-order valence-corrected chi connectivity index (χ2v) is 6.88. The molecule has 0 saturated heterocycles. The highest BCUT2D eigenvalue weighted by Gasteiger charge is 2.30. The van der Waals surface area contributed by atoms with E-state index in [4.69, 9.17) is 0 Å². The zero-order chi connectivity index (χ0) is 14.8. The number of rotatable bonds is 3. The number of thioether (sulfide) groups is 1. The number of benzene rings is 1. The molecule has 1 aromatic heterocycles. The van der Waals surface area contributed by atoms with Crippen LogP contribution in [-0.2, 0) is 9.59 Å². The Morgan fingerprint density at radius 3 is 3.05 bits per heavy atom. The first kappa shape index (κ1) is 14.0. The van der Waals surface area contributed by atoms with Crippen LogP contribution < -0.4 is 10.2 Å². The summed E-state index contributed by atoms with van der Waals surface area (Å²) >= 11 is 2.74. The van der Waals surface area contributed by atoms with Crippen molar-refractivity contribution >= 4 is 46.3 Å². The molecule has 1 aliphatic rings. The lowest BCUT2D eigenvalue weighted by Crippen LogP contribution is -2.45. The number of nitrogens with zero attached hydrogens (tertiary/aromatic N) is 3. The standard InChI is InChI=1S/C13H12N4O2S2/c1-8(21-13-16-14-7-20-13)12(19)17-6-11(18)15-9-4-2-3-5-10(9)17/h2-5,7-8H,6H2,1H3,(H,15,18)/t8-/m0/s1. The number of amides is 2. The zero-order valence-corrected chi connectivity index (χ0v) is 12.8. The van der Waals surface area contributed by atoms with Crippen LogP contribution in [-0.4, -0.2) is 33.8 Å². The summed E-state index contributed by atoms with van der Waals surface area (Å²) in [5, 5.41) is 10.1. The van der Waals surface area contributed by atoms with Gasteiger partial charge in [0.2, 0.25) is 11.8 Å². The smallest absolute Gasteiger partial charge is 0.244 e. The molecule has 0 aliphatic carbocycles. The highest BCUT2D eigenvalue weighted by Crippen LogP contribution is 2.32. The molecule has 3 rings (SSSR count). The fourth-order valence-corrected chi connectivity index (χ4v) is 3.75. The molecule has 2 heterocycles. The van der Waals surface area contributed by atoms with Gasteiger partial charge in [-0.05, 0) is 19.1 Å². The lowest BCUT2D eigenvalue weighted by molar-refractivity contribution is -0.121. The number of carbonyl (C=O) groups is 2. The molecule has 1 atom stereocenters. The second kappa shape index (κ2) is 5.82. The van der Waals surface area contributed by atoms with Gasteiger partial charge in [0.25, 0.3) is 0 Å². The molecule has 0 fully saturated rings. The average molecular weight is 320 g/mol. The first-order chi connectivity index (χ1) is 10.1. The van der Waals surface area contributed by atoms with Gasteiger partial charge in [-0.2, -0.15) is 0 Å². The monoisotopic (exact) mass is 320 g/mol. The first-order valence-electron chi connectivity index (χ1n) is 6.28. The number of hydrogen-bond acceptors (Lipinski definition) is 6. The number of fused-ring (bicyclic) bond motifs is 1. The summed E-state index contributed by atoms with van der Waals surface area (Å²) in [4.78, 5) is 25.9. The molecule has 1 aromatic carbocycles. The molecule has 2 aromatic rings. The molecule has 2 amide bonds. The van der Waals surface area contributed by atoms with Crippen LogP contribution in [0.5, 0.6) is 0 Å². The largest absolute Gasteiger partial charge is 0.323 e. The van der Waals surface area contributed by atoms with Crippen molar-refractivity contribution in [1.29, 1.82) is 0 Å². The fraction of sp³-hybridized carbons (Fsp3) is 0.231. The summed E-state index contributed by atoms with van der Waals surface area (Å²) in [5.74, 6) is -0.298. The van der Waals surface area contributed by atoms with Crippen molar-refractivity contribution in [3.63, 3.8) is 0 Å². The second-order valence-electron chi connectivity index (χ2n) is 4.45. The molecule has 6 nitrogen and oxygen atoms in total. The predicted molar refractivity (Wildman–Crippen MR) is 82.7 cm³/mol. The van der Waals surface area contributed by atoms with Gasteiger partial charge in [-0.3, -0.25) is 14.5 Å². The van der Waals surface area contributed by atoms with E-state index in [0.29, 0.717) is 5.69 Å². The molecule has 108 valence electrons. The quantitative estimate of drug-likeness (QED) is 0.876. The summed E-state index contributed by atoms with van der Waals surface area (Å²) in [7, 11) is 0. The Balaban J connectivity index is 1.82. The van der Waals surface area contributed by atoms with Gasteiger partial charge in [-0.1, -0.05) is 35.2 Å². The van der Waals surface area contributed by atoms with Crippen LogP contribution >= 0.6 is 23.1 Å². The Labute approximate surface area is 129 Å². The van der Waals surface area contributed by atoms with Gasteiger partial charge in [0, 0.05) is 0 Å². The minimum Gasteiger partial charge on any atom is -0.323 e. The van der Waals surface area contributed by atoms with Crippen molar-refractivity contribution in [1.82, 2.24) is 10.2 Å². The molecular weight excluding hydrogens is 308 g/mol. The predicted octanol–water partition coefficient (Wildman–Crippen LogP) is 2.00. The van der Waals surface area contributed by atoms with Crippen molar-refractivity contribution in [3.05, 3.63) is 29.8 Å². The average Bonchev–Trinajstić information content (AvgIpc) is 2.98. The van der Waals surface area contributed by atoms with Crippen LogP contribution in [0.15, 0.2) is 34.1 Å². The maximum atomic E-state index is 12.6. The Kier molecular flexibility index (Phi) is 3.89. The first-order valence-corrected chi connectivity index (χ1v) is 8.04. The van der Waals surface area contributed by atoms with Gasteiger partial charge in [0.15, 0.2) is 4.34 Å². The van der Waals surface area contributed by atoms with Gasteiger partial charge in [-0.25, -0.2) is 0 Å². The Bertz CT molecular complexity index is 675. The zero-order valence-electron chi connectivity index (χ0n) is 11.1. The van der Waals surface area contributed by atoms with Crippen molar-refractivity contribution in [3.8, 4) is 0 Å². The SMILES string of the molecule is C[C@H](Sc1nncs1)C(=O)N1CC(=O)Nc2ccccc21. The molecule has 1 N–H and O–H groups in total. The van der Waals surface area contributed by atoms with Gasteiger partial charge in [-0.15, -0.1) is 10.2 Å². The maximum absolute atomic E-state index is 12.6. The van der Waals surface area contributed by atoms with Crippen LogP contribution in [0.2, 0.25) is 0 Å². The lowest BCUT2D eigenvalue weighted by Gasteiger charge is -2.30. The Morgan fingerprint density at radius 1 is 1.48 bits per heavy atom. The van der Waals surface area contributed by atoms with Gasteiger partial charge >= 0.3 is 0 Å². The van der Waals surface area contributed by atoms with E-state index in [1.165, 1.54) is 28.0 Å². The third-order valence-electron chi connectivity index (χ3n) is 3.00. The van der Waals surface area contributed by atoms with E-state index < -0.39 is 0 Å². The lowest BCUT2D eigenvalue weighted by atomic mass is 10.2. The van der Waals surface area contributed by atoms with Gasteiger partial charge in [0.05, 0.1) is 16.6 Å². The van der Waals surface area contributed by atoms with Crippen molar-refractivity contribution in [2.45, 2.75) is 16.5 Å². The van der Waals surface area contributed by atoms with Gasteiger partial charge < -0.3 is 5.32 Å². The topological polar surface area (TPSA) is 75.2 Å². The number of aromatic nitrogens is 2. The summed E-state index contributed by atoms with van der Waals surface area (Å²) < 4.78 is 0.741. The van der Waals surface area contributed by atoms with Crippen molar-refractivity contribution < 1.29 is 9.59 Å². The number of para-hydroxylation sites is 2. The number of carbonyl (C=O) groups excluding carboxylic acids is 2. The molecule has 21 heavy (non-hydrogen) atoms. The molecule has 0 unspecified atom stereocenters. The fourth-order valence-electron chi connectivity index (χ4n) is 2.07. The van der Waals surface area contributed by atoms with E-state index in [-0.39, 0.29) is 23.6 Å². The summed E-state index contributed by atoms with van der Waals surface area (Å²) in [6.07, 6.45) is 0. The number of hydrogen-bond donors (Lipinski definition) is 1. The summed E-state index contributed by atoms with van der Waals surface area (Å²) in [6.45, 7) is 1.85. The third kappa shape index (κ3) is 2.91. The van der Waals surface area contributed by atoms with Crippen LogP contribution in [0.25, 0.3) is 0 Å². The van der Waals surface area contributed by atoms with Gasteiger partial charge in [0.1, 0.15) is 12.1 Å². The minimum absolute atomic E-state index is 0.0386. The van der Waals surface area contributed by atoms with E-state index in [1.54, 1.807) is 11.6 Å². The van der Waals surface area contributed by atoms with E-state index >= 15 is 0 Å². The van der Waals surface area contributed by atoms with E-state index in [0.717, 1.165) is 10.0 Å². The normalized spacial score (nSPS) is 15.3. The van der Waals surface area contributed by atoms with Crippen molar-refractivity contribution in [2.75, 3.05) is 16.8 Å². The van der Waals surface area contributed by atoms with E-state index in [9.17, 15) is 9.59 Å². The van der Waals surface area contributed by atoms with Crippen LogP contribution in [0.3, 0.4) is 0 Å². The third-order valence-corrected chi connectivity index (χ3v) is 4.90. The minimum atomic E-state index is -0.336. The summed E-state index contributed by atoms with van der Waals surface area (Å²) in [6, 6.07) is 7.29. The molecule has 0 bridgehead atoms. The molecule has 1 aliphatic heterocycles. The van der Waals surface area contributed by atoms with E-state index in [1.807, 2.05) is 25.1 Å².